The topological polar surface area (TPSA) is 144 Å². The Labute approximate surface area is 225 Å². The number of thioether (sulfide) groups is 1. The Bertz CT molecular complexity index is 1090. The van der Waals surface area contributed by atoms with E-state index in [9.17, 15) is 14.4 Å². The average molecular weight is 543 g/mol. The zero-order valence-electron chi connectivity index (χ0n) is 20.8. The number of guanidine groups is 1. The number of piperidine rings is 1. The number of aryl methyl sites for hydroxylation is 1. The van der Waals surface area contributed by atoms with Crippen LogP contribution in [0.4, 0.5) is 0 Å². The van der Waals surface area contributed by atoms with Crippen LogP contribution in [0.2, 0.25) is 0 Å². The number of rotatable bonds is 11. The molecular formula is C26H34N6O3S2. The number of hydrogen-bond acceptors (Lipinski definition) is 7. The number of carbonyl (C=O) groups excluding carboxylic acids is 3. The maximum atomic E-state index is 13.6. The van der Waals surface area contributed by atoms with Crippen LogP contribution in [0.15, 0.2) is 46.9 Å². The van der Waals surface area contributed by atoms with E-state index in [1.54, 1.807) is 23.3 Å². The highest BCUT2D eigenvalue weighted by atomic mass is 32.2. The van der Waals surface area contributed by atoms with Gasteiger partial charge in [0, 0.05) is 41.6 Å². The van der Waals surface area contributed by atoms with Crippen molar-refractivity contribution in [2.45, 2.75) is 56.7 Å². The number of hydrogen-bond donors (Lipinski definition) is 3. The Morgan fingerprint density at radius 1 is 1.19 bits per heavy atom. The Morgan fingerprint density at radius 3 is 2.73 bits per heavy atom. The summed E-state index contributed by atoms with van der Waals surface area (Å²) in [5.74, 6) is 0.782. The van der Waals surface area contributed by atoms with Gasteiger partial charge in [-0.25, -0.2) is 4.98 Å². The lowest BCUT2D eigenvalue weighted by Crippen LogP contribution is -2.62. The predicted octanol–water partition coefficient (Wildman–Crippen LogP) is 2.22. The Hall–Kier alpha value is -2.92. The van der Waals surface area contributed by atoms with Gasteiger partial charge >= 0.3 is 0 Å². The summed E-state index contributed by atoms with van der Waals surface area (Å²) in [7, 11) is 0. The van der Waals surface area contributed by atoms with Gasteiger partial charge in [0.15, 0.2) is 11.0 Å². The molecule has 0 saturated carbocycles. The van der Waals surface area contributed by atoms with E-state index in [4.69, 9.17) is 11.5 Å². The second-order valence-electron chi connectivity index (χ2n) is 9.46. The van der Waals surface area contributed by atoms with Crippen LogP contribution in [0.25, 0.3) is 0 Å². The molecule has 5 N–H and O–H groups in total. The van der Waals surface area contributed by atoms with Crippen LogP contribution < -0.4 is 16.8 Å². The van der Waals surface area contributed by atoms with Crippen molar-refractivity contribution in [3.63, 3.8) is 0 Å². The number of fused-ring (bicyclic) bond motifs is 1. The molecule has 4 atom stereocenters. The predicted molar refractivity (Wildman–Crippen MR) is 148 cm³/mol. The van der Waals surface area contributed by atoms with E-state index in [2.05, 4.69) is 27.4 Å². The highest BCUT2D eigenvalue weighted by Crippen LogP contribution is 2.34. The van der Waals surface area contributed by atoms with Crippen LogP contribution in [-0.2, 0) is 16.0 Å². The number of nitrogens with two attached hydrogens (primary N) is 2. The third kappa shape index (κ3) is 7.10. The van der Waals surface area contributed by atoms with Crippen LogP contribution in [0.1, 0.15) is 47.5 Å². The molecule has 11 heteroatoms. The molecule has 2 unspecified atom stereocenters. The quantitative estimate of drug-likeness (QED) is 0.171. The first-order chi connectivity index (χ1) is 17.9. The Morgan fingerprint density at radius 2 is 2.00 bits per heavy atom. The summed E-state index contributed by atoms with van der Waals surface area (Å²) in [5, 5.41) is 5.03. The third-order valence-electron chi connectivity index (χ3n) is 6.92. The maximum absolute atomic E-state index is 13.6. The van der Waals surface area contributed by atoms with Gasteiger partial charge in [-0.05, 0) is 44.1 Å². The molecule has 3 heterocycles. The van der Waals surface area contributed by atoms with Crippen LogP contribution >= 0.6 is 23.1 Å². The minimum absolute atomic E-state index is 0.0115. The van der Waals surface area contributed by atoms with E-state index in [1.165, 1.54) is 16.9 Å². The van der Waals surface area contributed by atoms with E-state index >= 15 is 0 Å². The molecule has 4 rings (SSSR count). The average Bonchev–Trinajstić information content (AvgIpc) is 3.45. The van der Waals surface area contributed by atoms with Gasteiger partial charge in [-0.3, -0.25) is 19.4 Å². The number of nitrogens with zero attached hydrogens (tertiary/aromatic N) is 3. The maximum Gasteiger partial charge on any atom is 0.244 e. The molecule has 2 aromatic rings. The third-order valence-corrected chi connectivity index (χ3v) is 8.88. The Balaban J connectivity index is 1.44. The summed E-state index contributed by atoms with van der Waals surface area (Å²) in [6, 6.07) is 8.86. The summed E-state index contributed by atoms with van der Waals surface area (Å²) < 4.78 is 0. The molecule has 2 fully saturated rings. The number of ketones is 1. The molecule has 0 aliphatic carbocycles. The van der Waals surface area contributed by atoms with Gasteiger partial charge in [0.25, 0.3) is 0 Å². The summed E-state index contributed by atoms with van der Waals surface area (Å²) >= 11 is 2.93. The number of amides is 2. The minimum atomic E-state index is -0.757. The highest BCUT2D eigenvalue weighted by Gasteiger charge is 2.44. The van der Waals surface area contributed by atoms with Gasteiger partial charge in [0.1, 0.15) is 6.04 Å². The zero-order chi connectivity index (χ0) is 26.2. The van der Waals surface area contributed by atoms with Crippen molar-refractivity contribution in [2.75, 3.05) is 18.1 Å². The van der Waals surface area contributed by atoms with Gasteiger partial charge in [-0.15, -0.1) is 11.3 Å². The van der Waals surface area contributed by atoms with Crippen molar-refractivity contribution in [1.29, 1.82) is 0 Å². The molecule has 2 aliphatic heterocycles. The number of aliphatic imine (C=N–C) groups is 1. The van der Waals surface area contributed by atoms with Gasteiger partial charge in [0.05, 0.1) is 6.04 Å². The highest BCUT2D eigenvalue weighted by molar-refractivity contribution is 7.99. The normalized spacial score (nSPS) is 22.1. The molecule has 0 bridgehead atoms. The second-order valence-corrected chi connectivity index (χ2v) is 11.4. The van der Waals surface area contributed by atoms with Gasteiger partial charge in [-0.1, -0.05) is 30.3 Å². The standard InChI is InChI=1S/C26H34N6O3S2/c27-26(28)30-12-4-7-20(22(33)24-29-13-14-37-24)31-23(34)21-16-36-15-19-11-10-18(25(35)32(19)21)9-8-17-5-2-1-3-6-17/h1-3,5-6,13-14,18-21H,4,7-12,15-16H2,(H,31,34)(H4,27,28,30)/t18?,19-,20?,21+/m1/s1. The van der Waals surface area contributed by atoms with Crippen LogP contribution in [0.5, 0.6) is 0 Å². The summed E-state index contributed by atoms with van der Waals surface area (Å²) in [4.78, 5) is 50.2. The lowest BCUT2D eigenvalue weighted by Gasteiger charge is -2.46. The van der Waals surface area contributed by atoms with Crippen LogP contribution in [0.3, 0.4) is 0 Å². The fraction of sp³-hybridized carbons (Fsp3) is 0.500. The van der Waals surface area contributed by atoms with Gasteiger partial charge < -0.3 is 21.7 Å². The second kappa shape index (κ2) is 13.0. The van der Waals surface area contributed by atoms with E-state index in [1.807, 2.05) is 23.1 Å². The molecule has 1 aromatic carbocycles. The Kier molecular flexibility index (Phi) is 9.56. The lowest BCUT2D eigenvalue weighted by atomic mass is 9.86. The molecule has 2 amide bonds. The van der Waals surface area contributed by atoms with Crippen molar-refractivity contribution < 1.29 is 14.4 Å². The summed E-state index contributed by atoms with van der Waals surface area (Å²) in [6.45, 7) is 0.356. The molecule has 37 heavy (non-hydrogen) atoms. The monoisotopic (exact) mass is 542 g/mol. The van der Waals surface area contributed by atoms with E-state index in [0.29, 0.717) is 30.1 Å². The molecule has 0 spiro atoms. The van der Waals surface area contributed by atoms with Crippen molar-refractivity contribution in [3.05, 3.63) is 52.5 Å². The molecule has 2 aliphatic rings. The molecule has 0 radical (unpaired) electrons. The molecule has 1 aromatic heterocycles. The van der Waals surface area contributed by atoms with E-state index < -0.39 is 12.1 Å². The number of aromatic nitrogens is 1. The first-order valence-corrected chi connectivity index (χ1v) is 14.7. The van der Waals surface area contributed by atoms with E-state index in [-0.39, 0.29) is 35.5 Å². The molecule has 9 nitrogen and oxygen atoms in total. The fourth-order valence-corrected chi connectivity index (χ4v) is 6.91. The van der Waals surface area contributed by atoms with Crippen molar-refractivity contribution in [1.82, 2.24) is 15.2 Å². The van der Waals surface area contributed by atoms with Crippen molar-refractivity contribution >= 4 is 46.7 Å². The number of carbonyl (C=O) groups is 3. The molecular weight excluding hydrogens is 508 g/mol. The smallest absolute Gasteiger partial charge is 0.244 e. The largest absolute Gasteiger partial charge is 0.370 e. The van der Waals surface area contributed by atoms with Gasteiger partial charge in [0.2, 0.25) is 17.6 Å². The van der Waals surface area contributed by atoms with E-state index in [0.717, 1.165) is 31.4 Å². The van der Waals surface area contributed by atoms with Gasteiger partial charge in [-0.2, -0.15) is 11.8 Å². The first kappa shape index (κ1) is 27.1. The van der Waals surface area contributed by atoms with Crippen LogP contribution in [-0.4, -0.2) is 69.6 Å². The van der Waals surface area contributed by atoms with Crippen molar-refractivity contribution in [3.8, 4) is 0 Å². The SMILES string of the molecule is NC(N)=NCCCC(NC(=O)[C@@H]1CSC[C@H]2CCC(CCc3ccccc3)C(=O)N21)C(=O)c1nccs1. The molecule has 2 saturated heterocycles. The fourth-order valence-electron chi connectivity index (χ4n) is 5.00. The summed E-state index contributed by atoms with van der Waals surface area (Å²) in [5.41, 5.74) is 12.0. The summed E-state index contributed by atoms with van der Waals surface area (Å²) in [6.07, 6.45) is 5.80. The minimum Gasteiger partial charge on any atom is -0.370 e. The molecule has 198 valence electrons. The lowest BCUT2D eigenvalue weighted by molar-refractivity contribution is -0.149. The number of benzene rings is 1. The number of thiazole rings is 1. The number of nitrogens with one attached hydrogen (secondary N) is 1. The van der Waals surface area contributed by atoms with Crippen LogP contribution in [0, 0.1) is 5.92 Å². The first-order valence-electron chi connectivity index (χ1n) is 12.7. The number of Topliss-reactive ketones (excluding diaryl/α,β-unsaturated/α-hetero) is 1. The van der Waals surface area contributed by atoms with Crippen molar-refractivity contribution in [2.24, 2.45) is 22.4 Å². The zero-order valence-corrected chi connectivity index (χ0v) is 22.4.